The standard InChI is InChI=1S/C22H28O7/c1-13(8-14-9-18(26-4)20(28-6)11-16(14)24-2)22(23)15-10-19(27-5)21(29-7)12-17(15)25-3/h8-12,22-23H,1-7H3/b13-8+/t22-/m1/s1. The molecule has 2 aromatic rings. The average molecular weight is 404 g/mol. The molecule has 0 fully saturated rings. The van der Waals surface area contributed by atoms with Crippen LogP contribution in [0.4, 0.5) is 0 Å². The van der Waals surface area contributed by atoms with E-state index in [0.717, 1.165) is 5.56 Å². The first-order valence-electron chi connectivity index (χ1n) is 8.90. The molecule has 29 heavy (non-hydrogen) atoms. The Balaban J connectivity index is 2.52. The summed E-state index contributed by atoms with van der Waals surface area (Å²) in [7, 11) is 9.31. The van der Waals surface area contributed by atoms with Crippen LogP contribution < -0.4 is 28.4 Å². The molecule has 0 unspecified atom stereocenters. The van der Waals surface area contributed by atoms with E-state index < -0.39 is 6.10 Å². The van der Waals surface area contributed by atoms with E-state index in [4.69, 9.17) is 28.4 Å². The van der Waals surface area contributed by atoms with Crippen LogP contribution in [0.25, 0.3) is 6.08 Å². The second-order valence-electron chi connectivity index (χ2n) is 6.19. The van der Waals surface area contributed by atoms with Gasteiger partial charge < -0.3 is 33.5 Å². The quantitative estimate of drug-likeness (QED) is 0.680. The molecule has 0 aliphatic rings. The molecule has 0 aliphatic heterocycles. The predicted molar refractivity (Wildman–Crippen MR) is 111 cm³/mol. The minimum absolute atomic E-state index is 0.488. The van der Waals surface area contributed by atoms with Crippen LogP contribution in [0.5, 0.6) is 34.5 Å². The highest BCUT2D eigenvalue weighted by molar-refractivity contribution is 5.66. The zero-order valence-corrected chi connectivity index (χ0v) is 17.9. The molecule has 7 heteroatoms. The molecule has 0 spiro atoms. The molecule has 0 saturated carbocycles. The molecular weight excluding hydrogens is 376 g/mol. The maximum Gasteiger partial charge on any atom is 0.164 e. The molecule has 0 aliphatic carbocycles. The molecule has 0 amide bonds. The van der Waals surface area contributed by atoms with Crippen molar-refractivity contribution in [2.75, 3.05) is 42.7 Å². The van der Waals surface area contributed by atoms with Gasteiger partial charge in [0, 0.05) is 23.3 Å². The number of hydrogen-bond donors (Lipinski definition) is 1. The zero-order chi connectivity index (χ0) is 21.6. The highest BCUT2D eigenvalue weighted by atomic mass is 16.5. The molecule has 1 atom stereocenters. The van der Waals surface area contributed by atoms with E-state index in [1.54, 1.807) is 52.7 Å². The van der Waals surface area contributed by atoms with Gasteiger partial charge in [-0.1, -0.05) is 0 Å². The summed E-state index contributed by atoms with van der Waals surface area (Å²) in [6.45, 7) is 1.82. The Labute approximate surface area is 171 Å². The van der Waals surface area contributed by atoms with Crippen LogP contribution in [0.2, 0.25) is 0 Å². The van der Waals surface area contributed by atoms with Crippen molar-refractivity contribution in [1.82, 2.24) is 0 Å². The van der Waals surface area contributed by atoms with Crippen LogP contribution in [0.1, 0.15) is 24.2 Å². The van der Waals surface area contributed by atoms with Gasteiger partial charge in [-0.3, -0.25) is 0 Å². The Kier molecular flexibility index (Phi) is 7.61. The van der Waals surface area contributed by atoms with Crippen molar-refractivity contribution < 1.29 is 33.5 Å². The molecule has 158 valence electrons. The molecule has 0 bridgehead atoms. The number of aliphatic hydroxyl groups excluding tert-OH is 1. The van der Waals surface area contributed by atoms with Crippen molar-refractivity contribution in [2.45, 2.75) is 13.0 Å². The van der Waals surface area contributed by atoms with Crippen LogP contribution in [-0.2, 0) is 0 Å². The summed E-state index contributed by atoms with van der Waals surface area (Å²) in [6, 6.07) is 6.91. The van der Waals surface area contributed by atoms with E-state index in [1.165, 1.54) is 14.2 Å². The van der Waals surface area contributed by atoms with Crippen molar-refractivity contribution in [2.24, 2.45) is 0 Å². The molecular formula is C22H28O7. The van der Waals surface area contributed by atoms with E-state index in [2.05, 4.69) is 0 Å². The minimum Gasteiger partial charge on any atom is -0.496 e. The van der Waals surface area contributed by atoms with Crippen LogP contribution in [-0.4, -0.2) is 47.8 Å². The number of hydrogen-bond acceptors (Lipinski definition) is 7. The van der Waals surface area contributed by atoms with Gasteiger partial charge in [-0.25, -0.2) is 0 Å². The normalized spacial score (nSPS) is 12.2. The summed E-state index contributed by atoms with van der Waals surface area (Å²) < 4.78 is 32.2. The first-order valence-corrected chi connectivity index (χ1v) is 8.90. The van der Waals surface area contributed by atoms with E-state index in [9.17, 15) is 5.11 Å². The average Bonchev–Trinajstić information content (AvgIpc) is 2.76. The lowest BCUT2D eigenvalue weighted by molar-refractivity contribution is 0.210. The lowest BCUT2D eigenvalue weighted by Crippen LogP contribution is -2.04. The lowest BCUT2D eigenvalue weighted by Gasteiger charge is -2.19. The van der Waals surface area contributed by atoms with Crippen LogP contribution in [0.15, 0.2) is 29.8 Å². The van der Waals surface area contributed by atoms with Crippen molar-refractivity contribution in [3.8, 4) is 34.5 Å². The fourth-order valence-electron chi connectivity index (χ4n) is 3.00. The summed E-state index contributed by atoms with van der Waals surface area (Å²) in [5.74, 6) is 3.21. The topological polar surface area (TPSA) is 75.6 Å². The fourth-order valence-corrected chi connectivity index (χ4v) is 3.00. The van der Waals surface area contributed by atoms with Gasteiger partial charge in [0.15, 0.2) is 23.0 Å². The zero-order valence-electron chi connectivity index (χ0n) is 17.9. The monoisotopic (exact) mass is 404 g/mol. The van der Waals surface area contributed by atoms with E-state index in [1.807, 2.05) is 13.0 Å². The Morgan fingerprint density at radius 2 is 1.07 bits per heavy atom. The molecule has 2 rings (SSSR count). The van der Waals surface area contributed by atoms with Gasteiger partial charge in [0.25, 0.3) is 0 Å². The van der Waals surface area contributed by atoms with Crippen LogP contribution in [0, 0.1) is 0 Å². The van der Waals surface area contributed by atoms with Crippen LogP contribution in [0.3, 0.4) is 0 Å². The third-order valence-electron chi connectivity index (χ3n) is 4.58. The maximum atomic E-state index is 11.0. The van der Waals surface area contributed by atoms with Crippen molar-refractivity contribution in [1.29, 1.82) is 0 Å². The molecule has 2 aromatic carbocycles. The van der Waals surface area contributed by atoms with Gasteiger partial charge in [-0.15, -0.1) is 0 Å². The fraction of sp³-hybridized carbons (Fsp3) is 0.364. The summed E-state index contributed by atoms with van der Waals surface area (Å²) in [4.78, 5) is 0. The largest absolute Gasteiger partial charge is 0.496 e. The second-order valence-corrected chi connectivity index (χ2v) is 6.19. The Bertz CT molecular complexity index is 874. The Morgan fingerprint density at radius 3 is 1.55 bits per heavy atom. The minimum atomic E-state index is -0.942. The number of benzene rings is 2. The Hall–Kier alpha value is -3.06. The highest BCUT2D eigenvalue weighted by Crippen LogP contribution is 2.41. The smallest absolute Gasteiger partial charge is 0.164 e. The van der Waals surface area contributed by atoms with Crippen molar-refractivity contribution in [3.05, 3.63) is 41.0 Å². The first kappa shape index (κ1) is 22.2. The molecule has 0 saturated heterocycles. The number of methoxy groups -OCH3 is 6. The van der Waals surface area contributed by atoms with Gasteiger partial charge in [-0.2, -0.15) is 0 Å². The third kappa shape index (κ3) is 4.68. The van der Waals surface area contributed by atoms with Gasteiger partial charge >= 0.3 is 0 Å². The number of aliphatic hydroxyl groups is 1. The molecule has 0 radical (unpaired) electrons. The molecule has 1 N–H and O–H groups in total. The Morgan fingerprint density at radius 1 is 0.655 bits per heavy atom. The van der Waals surface area contributed by atoms with E-state index >= 15 is 0 Å². The lowest BCUT2D eigenvalue weighted by atomic mass is 9.98. The first-order chi connectivity index (χ1) is 13.9. The number of ether oxygens (including phenoxy) is 6. The SMILES string of the molecule is COc1cc(OC)c(OC)cc1/C=C(\C)[C@@H](O)c1cc(OC)c(OC)cc1OC. The molecule has 0 aromatic heterocycles. The molecule has 0 heterocycles. The van der Waals surface area contributed by atoms with Crippen molar-refractivity contribution >= 4 is 6.08 Å². The summed E-state index contributed by atoms with van der Waals surface area (Å²) >= 11 is 0. The maximum absolute atomic E-state index is 11.0. The molecule has 7 nitrogen and oxygen atoms in total. The van der Waals surface area contributed by atoms with Crippen LogP contribution >= 0.6 is 0 Å². The number of rotatable bonds is 9. The van der Waals surface area contributed by atoms with Gasteiger partial charge in [-0.05, 0) is 30.7 Å². The highest BCUT2D eigenvalue weighted by Gasteiger charge is 2.20. The predicted octanol–water partition coefficient (Wildman–Crippen LogP) is 3.88. The summed E-state index contributed by atoms with van der Waals surface area (Å²) in [6.07, 6.45) is 0.879. The second kappa shape index (κ2) is 9.93. The third-order valence-corrected chi connectivity index (χ3v) is 4.58. The van der Waals surface area contributed by atoms with E-state index in [0.29, 0.717) is 45.6 Å². The summed E-state index contributed by atoms with van der Waals surface area (Å²) in [5.41, 5.74) is 1.96. The van der Waals surface area contributed by atoms with Crippen molar-refractivity contribution in [3.63, 3.8) is 0 Å². The summed E-state index contributed by atoms with van der Waals surface area (Å²) in [5, 5.41) is 11.0. The van der Waals surface area contributed by atoms with Gasteiger partial charge in [0.2, 0.25) is 0 Å². The van der Waals surface area contributed by atoms with Gasteiger partial charge in [0.05, 0.1) is 42.7 Å². The van der Waals surface area contributed by atoms with Gasteiger partial charge in [0.1, 0.15) is 17.6 Å². The van der Waals surface area contributed by atoms with E-state index in [-0.39, 0.29) is 0 Å².